The Kier molecular flexibility index (Phi) is 3.51. The quantitative estimate of drug-likeness (QED) is 0.817. The fraction of sp³-hybridized carbons (Fsp3) is 0.455. The van der Waals surface area contributed by atoms with Crippen molar-refractivity contribution in [1.82, 2.24) is 5.32 Å². The third-order valence-electron chi connectivity index (χ3n) is 2.49. The fourth-order valence-electron chi connectivity index (χ4n) is 1.06. The van der Waals surface area contributed by atoms with Crippen LogP contribution in [0, 0.1) is 16.7 Å². The average molecular weight is 206 g/mol. The van der Waals surface area contributed by atoms with E-state index in [0.29, 0.717) is 13.0 Å². The summed E-state index contributed by atoms with van der Waals surface area (Å²) in [5.74, 6) is -0.242. The second-order valence-electron chi connectivity index (χ2n) is 3.61. The number of nitrogens with one attached hydrogen (secondary N) is 1. The Hall–Kier alpha value is -1.76. The first-order valence-corrected chi connectivity index (χ1v) is 4.83. The molecule has 0 spiro atoms. The maximum absolute atomic E-state index is 11.7. The van der Waals surface area contributed by atoms with Gasteiger partial charge in [-0.25, -0.2) is 0 Å². The predicted octanol–water partition coefficient (Wildman–Crippen LogP) is 1.84. The average Bonchev–Trinajstić information content (AvgIpc) is 2.77. The lowest BCUT2D eigenvalue weighted by molar-refractivity contribution is -0.127. The molecule has 0 aliphatic rings. The van der Waals surface area contributed by atoms with Crippen LogP contribution in [0.25, 0.3) is 0 Å². The van der Waals surface area contributed by atoms with Crippen LogP contribution in [0.5, 0.6) is 0 Å². The number of rotatable bonds is 4. The molecule has 0 aromatic carbocycles. The predicted molar refractivity (Wildman–Crippen MR) is 54.6 cm³/mol. The first kappa shape index (κ1) is 11.3. The molecule has 0 radical (unpaired) electrons. The first-order valence-electron chi connectivity index (χ1n) is 4.83. The Balaban J connectivity index is 2.53. The van der Waals surface area contributed by atoms with Crippen LogP contribution in [-0.2, 0) is 11.3 Å². The van der Waals surface area contributed by atoms with E-state index < -0.39 is 5.41 Å². The molecule has 1 unspecified atom stereocenters. The normalized spacial score (nSPS) is 13.9. The lowest BCUT2D eigenvalue weighted by atomic mass is 9.88. The van der Waals surface area contributed by atoms with Crippen LogP contribution >= 0.6 is 0 Å². The summed E-state index contributed by atoms with van der Waals surface area (Å²) in [6.07, 6.45) is 3.61. The van der Waals surface area contributed by atoms with E-state index in [1.54, 1.807) is 25.5 Å². The van der Waals surface area contributed by atoms with Gasteiger partial charge in [-0.05, 0) is 19.4 Å². The highest BCUT2D eigenvalue weighted by Crippen LogP contribution is 2.19. The van der Waals surface area contributed by atoms with Crippen molar-refractivity contribution in [2.45, 2.75) is 26.8 Å². The summed E-state index contributed by atoms with van der Waals surface area (Å²) in [5.41, 5.74) is -0.0521. The Morgan fingerprint density at radius 2 is 2.47 bits per heavy atom. The molecular formula is C11H14N2O2. The van der Waals surface area contributed by atoms with Crippen LogP contribution in [-0.4, -0.2) is 5.91 Å². The molecule has 80 valence electrons. The zero-order valence-electron chi connectivity index (χ0n) is 8.91. The minimum Gasteiger partial charge on any atom is -0.472 e. The van der Waals surface area contributed by atoms with E-state index >= 15 is 0 Å². The smallest absolute Gasteiger partial charge is 0.240 e. The van der Waals surface area contributed by atoms with Crippen molar-refractivity contribution >= 4 is 5.91 Å². The standard InChI is InChI=1S/C11H14N2O2/c1-3-11(2,8-12)10(14)13-6-9-4-5-15-7-9/h4-5,7H,3,6H2,1-2H3,(H,13,14). The Morgan fingerprint density at radius 3 is 2.93 bits per heavy atom. The largest absolute Gasteiger partial charge is 0.472 e. The minimum absolute atomic E-state index is 0.242. The van der Waals surface area contributed by atoms with E-state index in [0.717, 1.165) is 5.56 Å². The van der Waals surface area contributed by atoms with E-state index in [9.17, 15) is 4.79 Å². The first-order chi connectivity index (χ1) is 7.12. The number of furan rings is 1. The van der Waals surface area contributed by atoms with Gasteiger partial charge in [-0.2, -0.15) is 5.26 Å². The van der Waals surface area contributed by atoms with Crippen molar-refractivity contribution in [2.75, 3.05) is 0 Å². The Labute approximate surface area is 88.9 Å². The topological polar surface area (TPSA) is 66.0 Å². The van der Waals surface area contributed by atoms with Gasteiger partial charge in [0.2, 0.25) is 5.91 Å². The van der Waals surface area contributed by atoms with Crippen LogP contribution in [0.4, 0.5) is 0 Å². The molecule has 1 atom stereocenters. The Morgan fingerprint density at radius 1 is 1.73 bits per heavy atom. The summed E-state index contributed by atoms with van der Waals surface area (Å²) in [6, 6.07) is 3.80. The SMILES string of the molecule is CCC(C)(C#N)C(=O)NCc1ccoc1. The molecule has 0 saturated carbocycles. The van der Waals surface area contributed by atoms with Crippen molar-refractivity contribution in [1.29, 1.82) is 5.26 Å². The third-order valence-corrected chi connectivity index (χ3v) is 2.49. The molecule has 0 fully saturated rings. The van der Waals surface area contributed by atoms with Crippen LogP contribution in [0.2, 0.25) is 0 Å². The number of amides is 1. The molecule has 0 aliphatic carbocycles. The van der Waals surface area contributed by atoms with Crippen LogP contribution in [0.1, 0.15) is 25.8 Å². The maximum Gasteiger partial charge on any atom is 0.240 e. The molecule has 0 saturated heterocycles. The van der Waals surface area contributed by atoms with E-state index in [1.165, 1.54) is 0 Å². The van der Waals surface area contributed by atoms with Crippen LogP contribution in [0.15, 0.2) is 23.0 Å². The van der Waals surface area contributed by atoms with Gasteiger partial charge in [0.15, 0.2) is 0 Å². The molecule has 1 N–H and O–H groups in total. The maximum atomic E-state index is 11.7. The summed E-state index contributed by atoms with van der Waals surface area (Å²) >= 11 is 0. The molecule has 0 aliphatic heterocycles. The number of hydrogen-bond acceptors (Lipinski definition) is 3. The van der Waals surface area contributed by atoms with Gasteiger partial charge < -0.3 is 9.73 Å². The molecule has 1 rings (SSSR count). The van der Waals surface area contributed by atoms with Crippen LogP contribution in [0.3, 0.4) is 0 Å². The summed E-state index contributed by atoms with van der Waals surface area (Å²) in [4.78, 5) is 11.7. The molecule has 0 bridgehead atoms. The number of nitriles is 1. The van der Waals surface area contributed by atoms with E-state index in [-0.39, 0.29) is 5.91 Å². The molecule has 1 amide bonds. The van der Waals surface area contributed by atoms with Gasteiger partial charge in [0, 0.05) is 12.1 Å². The second kappa shape index (κ2) is 4.65. The van der Waals surface area contributed by atoms with Crippen molar-refractivity contribution in [2.24, 2.45) is 5.41 Å². The molecule has 1 aromatic rings. The van der Waals surface area contributed by atoms with Gasteiger partial charge in [0.1, 0.15) is 5.41 Å². The second-order valence-corrected chi connectivity index (χ2v) is 3.61. The summed E-state index contributed by atoms with van der Waals surface area (Å²) in [5, 5.41) is 11.6. The lowest BCUT2D eigenvalue weighted by Gasteiger charge is -2.17. The van der Waals surface area contributed by atoms with E-state index in [2.05, 4.69) is 5.32 Å². The van der Waals surface area contributed by atoms with Crippen molar-refractivity contribution in [3.63, 3.8) is 0 Å². The number of carbonyl (C=O) groups excluding carboxylic acids is 1. The van der Waals surface area contributed by atoms with Crippen molar-refractivity contribution in [3.8, 4) is 6.07 Å². The fourth-order valence-corrected chi connectivity index (χ4v) is 1.06. The molecule has 15 heavy (non-hydrogen) atoms. The molecule has 4 nitrogen and oxygen atoms in total. The zero-order valence-corrected chi connectivity index (χ0v) is 8.91. The Bertz CT molecular complexity index is 364. The number of carbonyl (C=O) groups is 1. The number of hydrogen-bond donors (Lipinski definition) is 1. The van der Waals surface area contributed by atoms with Crippen molar-refractivity contribution in [3.05, 3.63) is 24.2 Å². The highest BCUT2D eigenvalue weighted by atomic mass is 16.3. The highest BCUT2D eigenvalue weighted by Gasteiger charge is 2.30. The molecule has 4 heteroatoms. The van der Waals surface area contributed by atoms with E-state index in [1.807, 2.05) is 13.0 Å². The summed E-state index contributed by atoms with van der Waals surface area (Å²) in [6.45, 7) is 3.85. The zero-order chi connectivity index (χ0) is 11.3. The lowest BCUT2D eigenvalue weighted by Crippen LogP contribution is -2.37. The van der Waals surface area contributed by atoms with Gasteiger partial charge in [-0.15, -0.1) is 0 Å². The summed E-state index contributed by atoms with van der Waals surface area (Å²) in [7, 11) is 0. The van der Waals surface area contributed by atoms with Gasteiger partial charge in [-0.3, -0.25) is 4.79 Å². The molecule has 1 heterocycles. The highest BCUT2D eigenvalue weighted by molar-refractivity contribution is 5.84. The van der Waals surface area contributed by atoms with Gasteiger partial charge in [0.25, 0.3) is 0 Å². The van der Waals surface area contributed by atoms with Gasteiger partial charge in [0.05, 0.1) is 18.6 Å². The third kappa shape index (κ3) is 2.59. The molecular weight excluding hydrogens is 192 g/mol. The molecule has 1 aromatic heterocycles. The van der Waals surface area contributed by atoms with Gasteiger partial charge in [-0.1, -0.05) is 6.92 Å². The van der Waals surface area contributed by atoms with Crippen LogP contribution < -0.4 is 5.32 Å². The summed E-state index contributed by atoms with van der Waals surface area (Å²) < 4.78 is 4.87. The van der Waals surface area contributed by atoms with E-state index in [4.69, 9.17) is 9.68 Å². The number of nitrogens with zero attached hydrogens (tertiary/aromatic N) is 1. The van der Waals surface area contributed by atoms with Gasteiger partial charge >= 0.3 is 0 Å². The monoisotopic (exact) mass is 206 g/mol. The van der Waals surface area contributed by atoms with Crippen molar-refractivity contribution < 1.29 is 9.21 Å². The minimum atomic E-state index is -0.941.